The average molecular weight is 262 g/mol. The Morgan fingerprint density at radius 3 is 2.95 bits per heavy atom. The first-order chi connectivity index (χ1) is 9.22. The number of hydrogen-bond acceptors (Lipinski definition) is 4. The Hall–Kier alpha value is -1.46. The fourth-order valence-electron chi connectivity index (χ4n) is 1.99. The predicted molar refractivity (Wildman–Crippen MR) is 75.1 cm³/mol. The van der Waals surface area contributed by atoms with Gasteiger partial charge >= 0.3 is 0 Å². The molecule has 0 fully saturated rings. The molecule has 19 heavy (non-hydrogen) atoms. The molecule has 0 aliphatic heterocycles. The first-order valence-corrected chi connectivity index (χ1v) is 6.84. The Morgan fingerprint density at radius 1 is 1.37 bits per heavy atom. The Morgan fingerprint density at radius 2 is 2.21 bits per heavy atom. The Kier molecular flexibility index (Phi) is 4.87. The van der Waals surface area contributed by atoms with Gasteiger partial charge in [-0.25, -0.2) is 4.52 Å². The summed E-state index contributed by atoms with van der Waals surface area (Å²) < 4.78 is 7.60. The van der Waals surface area contributed by atoms with Crippen LogP contribution in [0, 0.1) is 0 Å². The van der Waals surface area contributed by atoms with E-state index in [0.717, 1.165) is 24.0 Å². The van der Waals surface area contributed by atoms with E-state index in [1.165, 1.54) is 0 Å². The smallest absolute Gasteiger partial charge is 0.0893 e. The van der Waals surface area contributed by atoms with Crippen molar-refractivity contribution in [3.8, 4) is 0 Å². The lowest BCUT2D eigenvalue weighted by Crippen LogP contribution is -2.27. The van der Waals surface area contributed by atoms with Crippen molar-refractivity contribution >= 4 is 5.52 Å². The van der Waals surface area contributed by atoms with Crippen molar-refractivity contribution in [2.45, 2.75) is 39.3 Å². The van der Waals surface area contributed by atoms with Crippen molar-refractivity contribution in [1.29, 1.82) is 0 Å². The highest BCUT2D eigenvalue weighted by Crippen LogP contribution is 2.19. The molecule has 0 saturated carbocycles. The number of nitrogens with one attached hydrogen (secondary N) is 1. The highest BCUT2D eigenvalue weighted by Gasteiger charge is 2.16. The molecule has 104 valence electrons. The molecule has 0 aliphatic rings. The van der Waals surface area contributed by atoms with E-state index in [1.807, 2.05) is 23.1 Å². The van der Waals surface area contributed by atoms with Gasteiger partial charge in [0.2, 0.25) is 0 Å². The van der Waals surface area contributed by atoms with E-state index in [0.29, 0.717) is 6.61 Å². The van der Waals surface area contributed by atoms with Crippen LogP contribution in [-0.2, 0) is 4.74 Å². The highest BCUT2D eigenvalue weighted by atomic mass is 16.5. The van der Waals surface area contributed by atoms with Gasteiger partial charge in [0.05, 0.1) is 36.7 Å². The van der Waals surface area contributed by atoms with Crippen LogP contribution < -0.4 is 5.32 Å². The summed E-state index contributed by atoms with van der Waals surface area (Å²) in [7, 11) is 0. The van der Waals surface area contributed by atoms with E-state index in [-0.39, 0.29) is 12.1 Å². The molecule has 2 aromatic heterocycles. The van der Waals surface area contributed by atoms with Crippen LogP contribution >= 0.6 is 0 Å². The fourth-order valence-corrected chi connectivity index (χ4v) is 1.99. The van der Waals surface area contributed by atoms with E-state index < -0.39 is 0 Å². The van der Waals surface area contributed by atoms with Gasteiger partial charge in [0.15, 0.2) is 0 Å². The van der Waals surface area contributed by atoms with Gasteiger partial charge in [-0.1, -0.05) is 6.92 Å². The van der Waals surface area contributed by atoms with Crippen molar-refractivity contribution < 1.29 is 4.74 Å². The van der Waals surface area contributed by atoms with Gasteiger partial charge in [-0.3, -0.25) is 4.98 Å². The van der Waals surface area contributed by atoms with E-state index in [9.17, 15) is 0 Å². The fraction of sp³-hybridized carbons (Fsp3) is 0.571. The molecule has 0 bridgehead atoms. The van der Waals surface area contributed by atoms with Crippen molar-refractivity contribution in [1.82, 2.24) is 19.9 Å². The normalized spacial score (nSPS) is 13.3. The molecule has 1 atom stereocenters. The first kappa shape index (κ1) is 14.0. The lowest BCUT2D eigenvalue weighted by molar-refractivity contribution is 0.0614. The largest absolute Gasteiger partial charge is 0.377 e. The maximum Gasteiger partial charge on any atom is 0.0893 e. The van der Waals surface area contributed by atoms with Crippen LogP contribution in [0.1, 0.15) is 38.8 Å². The summed E-state index contributed by atoms with van der Waals surface area (Å²) in [6.07, 6.45) is 8.66. The molecule has 1 unspecified atom stereocenters. The molecule has 0 aliphatic carbocycles. The number of aromatic nitrogens is 3. The van der Waals surface area contributed by atoms with Gasteiger partial charge in [-0.2, -0.15) is 5.10 Å². The zero-order valence-electron chi connectivity index (χ0n) is 11.8. The summed E-state index contributed by atoms with van der Waals surface area (Å²) in [5, 5.41) is 7.87. The molecule has 2 rings (SSSR count). The van der Waals surface area contributed by atoms with E-state index >= 15 is 0 Å². The number of nitrogens with zero attached hydrogens (tertiary/aromatic N) is 3. The third-order valence-corrected chi connectivity index (χ3v) is 2.97. The summed E-state index contributed by atoms with van der Waals surface area (Å²) in [5.41, 5.74) is 2.17. The number of ether oxygens (including phenoxy) is 1. The minimum Gasteiger partial charge on any atom is -0.377 e. The van der Waals surface area contributed by atoms with Crippen LogP contribution in [0.15, 0.2) is 24.8 Å². The van der Waals surface area contributed by atoms with Crippen LogP contribution in [0.5, 0.6) is 0 Å². The van der Waals surface area contributed by atoms with Gasteiger partial charge in [-0.15, -0.1) is 0 Å². The Balaban J connectivity index is 2.20. The average Bonchev–Trinajstić information content (AvgIpc) is 2.83. The summed E-state index contributed by atoms with van der Waals surface area (Å²) in [5.74, 6) is 0. The monoisotopic (exact) mass is 262 g/mol. The zero-order chi connectivity index (χ0) is 13.7. The van der Waals surface area contributed by atoms with Gasteiger partial charge in [-0.05, 0) is 26.8 Å². The molecular weight excluding hydrogens is 240 g/mol. The van der Waals surface area contributed by atoms with Gasteiger partial charge in [0.25, 0.3) is 0 Å². The van der Waals surface area contributed by atoms with Gasteiger partial charge < -0.3 is 10.1 Å². The lowest BCUT2D eigenvalue weighted by atomic mass is 10.1. The SMILES string of the molecule is CCCNC(COC(C)C)c1cnn2ccncc12. The maximum absolute atomic E-state index is 5.75. The van der Waals surface area contributed by atoms with Crippen LogP contribution in [0.3, 0.4) is 0 Å². The summed E-state index contributed by atoms with van der Waals surface area (Å²) in [6.45, 7) is 7.87. The quantitative estimate of drug-likeness (QED) is 0.831. The molecule has 5 nitrogen and oxygen atoms in total. The standard InChI is InChI=1S/C14H22N4O/c1-4-5-16-13(10-19-11(2)3)12-8-17-18-7-6-15-9-14(12)18/h6-9,11,13,16H,4-5,10H2,1-3H3. The molecule has 0 radical (unpaired) electrons. The number of rotatable bonds is 7. The molecule has 0 saturated heterocycles. The second-order valence-corrected chi connectivity index (χ2v) is 4.89. The van der Waals surface area contributed by atoms with Crippen molar-refractivity contribution in [3.63, 3.8) is 0 Å². The number of hydrogen-bond donors (Lipinski definition) is 1. The molecule has 2 heterocycles. The van der Waals surface area contributed by atoms with Crippen molar-refractivity contribution in [2.75, 3.05) is 13.2 Å². The van der Waals surface area contributed by atoms with Crippen molar-refractivity contribution in [2.24, 2.45) is 0 Å². The van der Waals surface area contributed by atoms with Gasteiger partial charge in [0.1, 0.15) is 0 Å². The molecule has 0 spiro atoms. The first-order valence-electron chi connectivity index (χ1n) is 6.84. The Bertz CT molecular complexity index is 509. The summed E-state index contributed by atoms with van der Waals surface area (Å²) in [6, 6.07) is 0.157. The minimum absolute atomic E-state index is 0.157. The predicted octanol–water partition coefficient (Wildman–Crippen LogP) is 2.19. The lowest BCUT2D eigenvalue weighted by Gasteiger charge is -2.19. The minimum atomic E-state index is 0.157. The van der Waals surface area contributed by atoms with Crippen molar-refractivity contribution in [3.05, 3.63) is 30.4 Å². The van der Waals surface area contributed by atoms with E-state index in [2.05, 4.69) is 36.2 Å². The molecule has 2 aromatic rings. The summed E-state index contributed by atoms with van der Waals surface area (Å²) >= 11 is 0. The molecule has 5 heteroatoms. The number of fused-ring (bicyclic) bond motifs is 1. The molecule has 0 aromatic carbocycles. The molecular formula is C14H22N4O. The second kappa shape index (κ2) is 6.63. The third kappa shape index (κ3) is 3.52. The van der Waals surface area contributed by atoms with Crippen LogP contribution in [0.25, 0.3) is 5.52 Å². The van der Waals surface area contributed by atoms with Crippen LogP contribution in [0.2, 0.25) is 0 Å². The van der Waals surface area contributed by atoms with Gasteiger partial charge in [0, 0.05) is 18.0 Å². The van der Waals surface area contributed by atoms with E-state index in [1.54, 1.807) is 6.20 Å². The van der Waals surface area contributed by atoms with E-state index in [4.69, 9.17) is 4.74 Å². The maximum atomic E-state index is 5.75. The Labute approximate surface area is 114 Å². The topological polar surface area (TPSA) is 51.5 Å². The van der Waals surface area contributed by atoms with Crippen LogP contribution in [-0.4, -0.2) is 33.9 Å². The second-order valence-electron chi connectivity index (χ2n) is 4.89. The zero-order valence-corrected chi connectivity index (χ0v) is 11.8. The highest BCUT2D eigenvalue weighted by molar-refractivity contribution is 5.53. The summed E-state index contributed by atoms with van der Waals surface area (Å²) in [4.78, 5) is 4.17. The molecule has 1 N–H and O–H groups in total. The third-order valence-electron chi connectivity index (χ3n) is 2.97. The van der Waals surface area contributed by atoms with Crippen LogP contribution in [0.4, 0.5) is 0 Å². The molecule has 0 amide bonds.